The molecule has 0 saturated carbocycles. The number of nitrogens with zero attached hydrogens (tertiary/aromatic N) is 1. The lowest BCUT2D eigenvalue weighted by molar-refractivity contribution is -0.0254. The van der Waals surface area contributed by atoms with Crippen LogP contribution < -0.4 is 9.46 Å². The van der Waals surface area contributed by atoms with Crippen LogP contribution in [0, 0.1) is 0 Å². The van der Waals surface area contributed by atoms with Gasteiger partial charge < -0.3 is 9.47 Å². The van der Waals surface area contributed by atoms with Gasteiger partial charge in [0.2, 0.25) is 10.0 Å². The van der Waals surface area contributed by atoms with Crippen LogP contribution in [0.4, 0.5) is 5.69 Å². The first-order valence-corrected chi connectivity index (χ1v) is 14.2. The summed E-state index contributed by atoms with van der Waals surface area (Å²) < 4.78 is 38.0. The lowest BCUT2D eigenvalue weighted by Crippen LogP contribution is -2.37. The number of piperidine rings is 1. The Hall–Kier alpha value is -3.13. The number of hydrogen-bond donors (Lipinski definition) is 1. The number of anilines is 1. The van der Waals surface area contributed by atoms with Crippen LogP contribution in [-0.2, 0) is 14.8 Å². The van der Waals surface area contributed by atoms with E-state index in [0.29, 0.717) is 18.0 Å². The second-order valence-electron chi connectivity index (χ2n) is 8.99. The monoisotopic (exact) mass is 506 g/mol. The Morgan fingerprint density at radius 3 is 2.08 bits per heavy atom. The molecule has 4 rings (SSSR count). The van der Waals surface area contributed by atoms with Crippen LogP contribution in [0.25, 0.3) is 0 Å². The van der Waals surface area contributed by atoms with Gasteiger partial charge in [-0.3, -0.25) is 9.62 Å². The number of hydrogen-bond acceptors (Lipinski definition) is 5. The molecular formula is C29H34N2O4S. The Balaban J connectivity index is 1.24. The van der Waals surface area contributed by atoms with E-state index >= 15 is 0 Å². The highest BCUT2D eigenvalue weighted by atomic mass is 32.2. The lowest BCUT2D eigenvalue weighted by atomic mass is 10.00. The number of ether oxygens (including phenoxy) is 2. The molecule has 0 spiro atoms. The first-order valence-electron chi connectivity index (χ1n) is 12.3. The second kappa shape index (κ2) is 12.7. The van der Waals surface area contributed by atoms with Crippen LogP contribution in [0.2, 0.25) is 0 Å². The number of sulfonamides is 1. The zero-order valence-corrected chi connectivity index (χ0v) is 21.4. The van der Waals surface area contributed by atoms with Crippen LogP contribution in [-0.4, -0.2) is 51.9 Å². The molecule has 0 radical (unpaired) electrons. The molecule has 1 fully saturated rings. The largest absolute Gasteiger partial charge is 0.487 e. The van der Waals surface area contributed by atoms with E-state index in [-0.39, 0.29) is 12.2 Å². The molecule has 1 N–H and O–H groups in total. The smallest absolute Gasteiger partial charge is 0.229 e. The maximum Gasteiger partial charge on any atom is 0.229 e. The fraction of sp³-hybridized carbons (Fsp3) is 0.310. The van der Waals surface area contributed by atoms with Crippen LogP contribution in [0.1, 0.15) is 30.1 Å². The van der Waals surface area contributed by atoms with Crippen LogP contribution in [0.5, 0.6) is 5.75 Å². The zero-order chi connectivity index (χ0) is 25.2. The van der Waals surface area contributed by atoms with Crippen LogP contribution in [0.3, 0.4) is 0 Å². The second-order valence-corrected chi connectivity index (χ2v) is 10.7. The Labute approximate surface area is 214 Å². The summed E-state index contributed by atoms with van der Waals surface area (Å²) in [6.45, 7) is 3.18. The number of para-hydroxylation sites is 2. The molecule has 0 aliphatic carbocycles. The highest BCUT2D eigenvalue weighted by Gasteiger charge is 2.24. The molecule has 7 heteroatoms. The van der Waals surface area contributed by atoms with Gasteiger partial charge in [-0.2, -0.15) is 0 Å². The predicted octanol–water partition coefficient (Wildman–Crippen LogP) is 5.26. The van der Waals surface area contributed by atoms with E-state index in [2.05, 4.69) is 64.2 Å². The fourth-order valence-corrected chi connectivity index (χ4v) is 4.90. The molecule has 190 valence electrons. The molecule has 1 aliphatic rings. The van der Waals surface area contributed by atoms with E-state index in [0.717, 1.165) is 38.7 Å². The molecule has 0 amide bonds. The van der Waals surface area contributed by atoms with Crippen molar-refractivity contribution in [2.24, 2.45) is 0 Å². The molecule has 36 heavy (non-hydrogen) atoms. The summed E-state index contributed by atoms with van der Waals surface area (Å²) in [7, 11) is -3.36. The van der Waals surface area contributed by atoms with Gasteiger partial charge in [-0.1, -0.05) is 84.9 Å². The average Bonchev–Trinajstić information content (AvgIpc) is 2.89. The molecule has 6 nitrogen and oxygen atoms in total. The summed E-state index contributed by atoms with van der Waals surface area (Å²) in [5.41, 5.74) is 2.81. The van der Waals surface area contributed by atoms with Crippen molar-refractivity contribution in [2.75, 3.05) is 37.2 Å². The lowest BCUT2D eigenvalue weighted by Gasteiger charge is -2.33. The average molecular weight is 507 g/mol. The molecule has 3 aromatic rings. The maximum atomic E-state index is 11.5. The molecule has 1 aliphatic heterocycles. The van der Waals surface area contributed by atoms with Gasteiger partial charge in [0, 0.05) is 19.6 Å². The van der Waals surface area contributed by atoms with Gasteiger partial charge in [0.1, 0.15) is 18.5 Å². The summed E-state index contributed by atoms with van der Waals surface area (Å²) in [6.07, 6.45) is 7.35. The third kappa shape index (κ3) is 7.95. The minimum absolute atomic E-state index is 0.0546. The predicted molar refractivity (Wildman–Crippen MR) is 145 cm³/mol. The quantitative estimate of drug-likeness (QED) is 0.359. The number of likely N-dealkylation sites (tertiary alicyclic amines) is 1. The summed E-state index contributed by atoms with van der Waals surface area (Å²) in [5.74, 6) is 0.511. The van der Waals surface area contributed by atoms with Crippen LogP contribution in [0.15, 0.2) is 97.1 Å². The fourth-order valence-electron chi connectivity index (χ4n) is 4.33. The van der Waals surface area contributed by atoms with Gasteiger partial charge in [0.15, 0.2) is 0 Å². The third-order valence-electron chi connectivity index (χ3n) is 6.12. The van der Waals surface area contributed by atoms with Crippen molar-refractivity contribution in [1.82, 2.24) is 4.90 Å². The maximum absolute atomic E-state index is 11.5. The van der Waals surface area contributed by atoms with Crippen molar-refractivity contribution < 1.29 is 17.9 Å². The van der Waals surface area contributed by atoms with E-state index < -0.39 is 10.0 Å². The van der Waals surface area contributed by atoms with E-state index in [1.807, 2.05) is 24.3 Å². The normalized spacial score (nSPS) is 15.4. The summed E-state index contributed by atoms with van der Waals surface area (Å²) >= 11 is 0. The molecule has 1 heterocycles. The number of nitrogens with one attached hydrogen (secondary N) is 1. The molecule has 0 bridgehead atoms. The Morgan fingerprint density at radius 1 is 0.889 bits per heavy atom. The first kappa shape index (κ1) is 25.9. The summed E-state index contributed by atoms with van der Waals surface area (Å²) in [4.78, 5) is 2.41. The zero-order valence-electron chi connectivity index (χ0n) is 20.6. The third-order valence-corrected chi connectivity index (χ3v) is 6.71. The van der Waals surface area contributed by atoms with Gasteiger partial charge in [-0.15, -0.1) is 0 Å². The molecule has 3 aromatic carbocycles. The van der Waals surface area contributed by atoms with E-state index in [1.165, 1.54) is 11.1 Å². The topological polar surface area (TPSA) is 67.9 Å². The minimum Gasteiger partial charge on any atom is -0.487 e. The standard InChI is InChI=1S/C29H34N2O4S/c1-36(32,33)30-27-16-8-9-17-28(27)34-23-11-10-20-31-21-18-26(19-22-31)35-29(24-12-4-2-5-13-24)25-14-6-3-7-15-25/h2-17,26,29-30H,18-23H2,1H3. The summed E-state index contributed by atoms with van der Waals surface area (Å²) in [5, 5.41) is 0. The van der Waals surface area contributed by atoms with Gasteiger partial charge >= 0.3 is 0 Å². The van der Waals surface area contributed by atoms with Crippen molar-refractivity contribution in [3.63, 3.8) is 0 Å². The Bertz CT molecular complexity index is 1170. The van der Waals surface area contributed by atoms with Crippen LogP contribution >= 0.6 is 0 Å². The first-order chi connectivity index (χ1) is 17.5. The molecule has 1 saturated heterocycles. The van der Waals surface area contributed by atoms with Crippen molar-refractivity contribution >= 4 is 15.7 Å². The molecule has 0 aromatic heterocycles. The Kier molecular flexibility index (Phi) is 9.17. The van der Waals surface area contributed by atoms with E-state index in [1.54, 1.807) is 18.2 Å². The van der Waals surface area contributed by atoms with Gasteiger partial charge in [0.05, 0.1) is 18.0 Å². The summed E-state index contributed by atoms with van der Waals surface area (Å²) in [6, 6.07) is 27.9. The van der Waals surface area contributed by atoms with Gasteiger partial charge in [-0.25, -0.2) is 8.42 Å². The highest BCUT2D eigenvalue weighted by Crippen LogP contribution is 2.30. The van der Waals surface area contributed by atoms with Crippen molar-refractivity contribution in [3.8, 4) is 5.75 Å². The molecule has 0 unspecified atom stereocenters. The van der Waals surface area contributed by atoms with Crippen molar-refractivity contribution in [1.29, 1.82) is 0 Å². The van der Waals surface area contributed by atoms with E-state index in [4.69, 9.17) is 9.47 Å². The van der Waals surface area contributed by atoms with E-state index in [9.17, 15) is 8.42 Å². The minimum atomic E-state index is -3.36. The SMILES string of the molecule is CS(=O)(=O)Nc1ccccc1OCC=CCN1CCC(OC(c2ccccc2)c2ccccc2)CC1. The van der Waals surface area contributed by atoms with Crippen molar-refractivity contribution in [3.05, 3.63) is 108 Å². The molecular weight excluding hydrogens is 472 g/mol. The number of rotatable bonds is 11. The Morgan fingerprint density at radius 2 is 1.47 bits per heavy atom. The van der Waals surface area contributed by atoms with Gasteiger partial charge in [-0.05, 0) is 36.1 Å². The molecule has 0 atom stereocenters. The van der Waals surface area contributed by atoms with Crippen molar-refractivity contribution in [2.45, 2.75) is 25.0 Å². The highest BCUT2D eigenvalue weighted by molar-refractivity contribution is 7.92. The number of benzene rings is 3. The van der Waals surface area contributed by atoms with Gasteiger partial charge in [0.25, 0.3) is 0 Å².